The summed E-state index contributed by atoms with van der Waals surface area (Å²) in [5.41, 5.74) is 0.697. The van der Waals surface area contributed by atoms with Gasteiger partial charge in [0.25, 0.3) is 0 Å². The molecule has 3 heteroatoms. The first-order valence-electron chi connectivity index (χ1n) is 5.56. The molecule has 0 bridgehead atoms. The average Bonchev–Trinajstić information content (AvgIpc) is 2.25. The number of hydrogen-bond acceptors (Lipinski definition) is 2. The molecule has 1 atom stereocenters. The summed E-state index contributed by atoms with van der Waals surface area (Å²) in [6.45, 7) is 4.29. The van der Waals surface area contributed by atoms with Gasteiger partial charge in [-0.1, -0.05) is 19.1 Å². The second-order valence-electron chi connectivity index (χ2n) is 3.63. The van der Waals surface area contributed by atoms with E-state index in [4.69, 9.17) is 4.74 Å². The van der Waals surface area contributed by atoms with Crippen molar-refractivity contribution >= 4 is 5.78 Å². The maximum atomic E-state index is 12.9. The highest BCUT2D eigenvalue weighted by atomic mass is 19.1. The minimum Gasteiger partial charge on any atom is -0.371 e. The second-order valence-corrected chi connectivity index (χ2v) is 3.63. The number of hydrogen-bond donors (Lipinski definition) is 0. The molecule has 1 aromatic rings. The van der Waals surface area contributed by atoms with Crippen molar-refractivity contribution in [3.63, 3.8) is 0 Å². The second kappa shape index (κ2) is 6.38. The van der Waals surface area contributed by atoms with E-state index in [0.717, 1.165) is 0 Å². The van der Waals surface area contributed by atoms with Crippen LogP contribution < -0.4 is 0 Å². The lowest BCUT2D eigenvalue weighted by Crippen LogP contribution is -2.25. The molecule has 1 rings (SSSR count). The van der Waals surface area contributed by atoms with Crippen LogP contribution in [-0.2, 0) is 16.0 Å². The van der Waals surface area contributed by atoms with Gasteiger partial charge in [0, 0.05) is 13.0 Å². The number of halogens is 1. The molecule has 0 spiro atoms. The first kappa shape index (κ1) is 12.8. The number of carbonyl (C=O) groups excluding carboxylic acids is 1. The summed E-state index contributed by atoms with van der Waals surface area (Å²) in [5, 5.41) is 0. The lowest BCUT2D eigenvalue weighted by molar-refractivity contribution is -0.129. The summed E-state index contributed by atoms with van der Waals surface area (Å²) in [5.74, 6) is -0.301. The van der Waals surface area contributed by atoms with Crippen molar-refractivity contribution in [2.75, 3.05) is 6.61 Å². The fraction of sp³-hybridized carbons (Fsp3) is 0.462. The molecule has 88 valence electrons. The largest absolute Gasteiger partial charge is 0.371 e. The molecule has 1 unspecified atom stereocenters. The Kier molecular flexibility index (Phi) is 5.12. The third-order valence-corrected chi connectivity index (χ3v) is 2.37. The highest BCUT2D eigenvalue weighted by molar-refractivity contribution is 5.85. The first-order valence-corrected chi connectivity index (χ1v) is 5.56. The fourth-order valence-corrected chi connectivity index (χ4v) is 1.60. The molecule has 2 nitrogen and oxygen atoms in total. The predicted octanol–water partition coefficient (Wildman–Crippen LogP) is 2.75. The zero-order valence-electron chi connectivity index (χ0n) is 9.70. The van der Waals surface area contributed by atoms with Gasteiger partial charge in [0.1, 0.15) is 11.9 Å². The van der Waals surface area contributed by atoms with Crippen LogP contribution in [0.4, 0.5) is 4.39 Å². The highest BCUT2D eigenvalue weighted by Gasteiger charge is 2.16. The lowest BCUT2D eigenvalue weighted by atomic mass is 10.0. The summed E-state index contributed by atoms with van der Waals surface area (Å²) < 4.78 is 18.2. The van der Waals surface area contributed by atoms with E-state index in [9.17, 15) is 9.18 Å². The molecule has 0 aliphatic carbocycles. The fourth-order valence-electron chi connectivity index (χ4n) is 1.60. The molecule has 0 aliphatic heterocycles. The van der Waals surface area contributed by atoms with Gasteiger partial charge in [0.15, 0.2) is 5.78 Å². The normalized spacial score (nSPS) is 12.4. The molecule has 0 saturated heterocycles. The molecular formula is C13H17FO2. The minimum atomic E-state index is -0.367. The van der Waals surface area contributed by atoms with E-state index in [1.807, 2.05) is 13.8 Å². The van der Waals surface area contributed by atoms with Crippen LogP contribution in [0.15, 0.2) is 24.3 Å². The standard InChI is InChI=1S/C13H17FO2/c1-3-13(16-4-2)12(15)9-10-6-5-7-11(14)8-10/h5-8,13H,3-4,9H2,1-2H3. The van der Waals surface area contributed by atoms with E-state index >= 15 is 0 Å². The Morgan fingerprint density at radius 2 is 2.19 bits per heavy atom. The number of ketones is 1. The van der Waals surface area contributed by atoms with Gasteiger partial charge in [-0.2, -0.15) is 0 Å². The molecule has 0 N–H and O–H groups in total. The van der Waals surface area contributed by atoms with Crippen molar-refractivity contribution < 1.29 is 13.9 Å². The Balaban J connectivity index is 2.62. The molecule has 0 amide bonds. The van der Waals surface area contributed by atoms with Crippen molar-refractivity contribution in [1.29, 1.82) is 0 Å². The smallest absolute Gasteiger partial charge is 0.165 e. The van der Waals surface area contributed by atoms with E-state index in [1.165, 1.54) is 12.1 Å². The number of carbonyl (C=O) groups is 1. The van der Waals surface area contributed by atoms with Crippen LogP contribution in [0.1, 0.15) is 25.8 Å². The Labute approximate surface area is 95.4 Å². The van der Waals surface area contributed by atoms with Crippen LogP contribution in [0.3, 0.4) is 0 Å². The highest BCUT2D eigenvalue weighted by Crippen LogP contribution is 2.08. The van der Waals surface area contributed by atoms with Crippen LogP contribution >= 0.6 is 0 Å². The maximum absolute atomic E-state index is 12.9. The van der Waals surface area contributed by atoms with Gasteiger partial charge in [0.2, 0.25) is 0 Å². The molecular weight excluding hydrogens is 207 g/mol. The number of Topliss-reactive ketones (excluding diaryl/α,β-unsaturated/α-hetero) is 1. The van der Waals surface area contributed by atoms with E-state index in [1.54, 1.807) is 12.1 Å². The van der Waals surface area contributed by atoms with Gasteiger partial charge < -0.3 is 4.74 Å². The van der Waals surface area contributed by atoms with Crippen molar-refractivity contribution in [3.8, 4) is 0 Å². The van der Waals surface area contributed by atoms with Gasteiger partial charge >= 0.3 is 0 Å². The number of ether oxygens (including phenoxy) is 1. The van der Waals surface area contributed by atoms with Crippen molar-refractivity contribution in [2.45, 2.75) is 32.8 Å². The van der Waals surface area contributed by atoms with Crippen LogP contribution in [0.25, 0.3) is 0 Å². The molecule has 0 aliphatic rings. The SMILES string of the molecule is CCOC(CC)C(=O)Cc1cccc(F)c1. The van der Waals surface area contributed by atoms with Crippen LogP contribution in [0, 0.1) is 5.82 Å². The van der Waals surface area contributed by atoms with Gasteiger partial charge in [-0.25, -0.2) is 4.39 Å². The minimum absolute atomic E-state index is 0.00921. The monoisotopic (exact) mass is 224 g/mol. The Bertz CT molecular complexity index is 350. The van der Waals surface area contributed by atoms with E-state index in [0.29, 0.717) is 18.6 Å². The molecule has 16 heavy (non-hydrogen) atoms. The summed E-state index contributed by atoms with van der Waals surface area (Å²) in [7, 11) is 0. The predicted molar refractivity (Wildman–Crippen MR) is 60.8 cm³/mol. The Morgan fingerprint density at radius 3 is 2.75 bits per heavy atom. The van der Waals surface area contributed by atoms with Gasteiger partial charge in [-0.15, -0.1) is 0 Å². The molecule has 0 heterocycles. The summed E-state index contributed by atoms with van der Waals surface area (Å²) in [6, 6.07) is 6.11. The first-order chi connectivity index (χ1) is 7.67. The molecule has 0 saturated carbocycles. The summed E-state index contributed by atoms with van der Waals surface area (Å²) in [6.07, 6.45) is 0.520. The molecule has 0 fully saturated rings. The zero-order chi connectivity index (χ0) is 12.0. The summed E-state index contributed by atoms with van der Waals surface area (Å²) in [4.78, 5) is 11.8. The average molecular weight is 224 g/mol. The van der Waals surface area contributed by atoms with Gasteiger partial charge in [-0.3, -0.25) is 4.79 Å². The van der Waals surface area contributed by atoms with Crippen molar-refractivity contribution in [3.05, 3.63) is 35.6 Å². The quantitative estimate of drug-likeness (QED) is 0.742. The molecule has 1 aromatic carbocycles. The van der Waals surface area contributed by atoms with Gasteiger partial charge in [-0.05, 0) is 31.0 Å². The number of benzene rings is 1. The van der Waals surface area contributed by atoms with Crippen LogP contribution in [0.2, 0.25) is 0 Å². The summed E-state index contributed by atoms with van der Waals surface area (Å²) >= 11 is 0. The third kappa shape index (κ3) is 3.74. The van der Waals surface area contributed by atoms with E-state index in [-0.39, 0.29) is 24.1 Å². The Morgan fingerprint density at radius 1 is 1.44 bits per heavy atom. The molecule has 0 radical (unpaired) electrons. The van der Waals surface area contributed by atoms with Crippen molar-refractivity contribution in [2.24, 2.45) is 0 Å². The van der Waals surface area contributed by atoms with E-state index in [2.05, 4.69) is 0 Å². The topological polar surface area (TPSA) is 26.3 Å². The Hall–Kier alpha value is -1.22. The maximum Gasteiger partial charge on any atom is 0.165 e. The number of rotatable bonds is 6. The molecule has 0 aromatic heterocycles. The third-order valence-electron chi connectivity index (χ3n) is 2.37. The van der Waals surface area contributed by atoms with Crippen LogP contribution in [-0.4, -0.2) is 18.5 Å². The van der Waals surface area contributed by atoms with Crippen molar-refractivity contribution in [1.82, 2.24) is 0 Å². The lowest BCUT2D eigenvalue weighted by Gasteiger charge is -2.13. The van der Waals surface area contributed by atoms with Crippen LogP contribution in [0.5, 0.6) is 0 Å². The zero-order valence-corrected chi connectivity index (χ0v) is 9.70. The van der Waals surface area contributed by atoms with E-state index < -0.39 is 0 Å². The van der Waals surface area contributed by atoms with Gasteiger partial charge in [0.05, 0.1) is 0 Å².